The van der Waals surface area contributed by atoms with Crippen LogP contribution in [0.1, 0.15) is 61.4 Å². The fraction of sp³-hybridized carbons (Fsp3) is 0.204. The predicted molar refractivity (Wildman–Crippen MR) is 223 cm³/mol. The number of allylic oxidation sites excluding steroid dienone is 3. The third-order valence-electron chi connectivity index (χ3n) is 11.9. The molecule has 2 aliphatic carbocycles. The van der Waals surface area contributed by atoms with Gasteiger partial charge in [-0.05, 0) is 54.2 Å². The topological polar surface area (TPSA) is 61.0 Å². The molecule has 4 aliphatic rings. The average molecular weight is 734 g/mol. The van der Waals surface area contributed by atoms with Crippen LogP contribution in [0, 0.1) is 5.92 Å². The number of ether oxygens (including phenoxy) is 1. The first-order chi connectivity index (χ1) is 27.2. The van der Waals surface area contributed by atoms with Crippen LogP contribution in [0.15, 0.2) is 149 Å². The van der Waals surface area contributed by atoms with Crippen molar-refractivity contribution in [2.24, 2.45) is 5.92 Å². The zero-order valence-corrected chi connectivity index (χ0v) is 31.4. The lowest BCUT2D eigenvalue weighted by atomic mass is 9.80. The highest BCUT2D eigenvalue weighted by atomic mass is 32.2. The van der Waals surface area contributed by atoms with E-state index in [1.807, 2.05) is 48.2 Å². The minimum Gasteiger partial charge on any atom is -0.484 e. The highest BCUT2D eigenvalue weighted by Gasteiger charge is 2.40. The zero-order valence-electron chi connectivity index (χ0n) is 30.6. The first kappa shape index (κ1) is 32.7. The summed E-state index contributed by atoms with van der Waals surface area (Å²) in [5.41, 5.74) is 9.53. The largest absolute Gasteiger partial charge is 0.484 e. The smallest absolute Gasteiger partial charge is 0.164 e. The van der Waals surface area contributed by atoms with Crippen molar-refractivity contribution >= 4 is 39.3 Å². The average Bonchev–Trinajstić information content (AvgIpc) is 3.94. The number of fused-ring (bicyclic) bond motifs is 9. The Kier molecular flexibility index (Phi) is 7.87. The normalized spacial score (nSPS) is 21.9. The summed E-state index contributed by atoms with van der Waals surface area (Å²) in [6, 6.07) is 38.2. The third kappa shape index (κ3) is 5.49. The molecule has 0 saturated heterocycles. The van der Waals surface area contributed by atoms with E-state index in [4.69, 9.17) is 24.1 Å². The van der Waals surface area contributed by atoms with Gasteiger partial charge < -0.3 is 9.15 Å². The molecule has 6 heteroatoms. The summed E-state index contributed by atoms with van der Waals surface area (Å²) in [5.74, 6) is 4.10. The molecule has 55 heavy (non-hydrogen) atoms. The van der Waals surface area contributed by atoms with Crippen molar-refractivity contribution in [2.45, 2.75) is 60.7 Å². The number of furan rings is 1. The summed E-state index contributed by atoms with van der Waals surface area (Å²) >= 11 is 1.99. The second-order valence-corrected chi connectivity index (χ2v) is 16.4. The van der Waals surface area contributed by atoms with Crippen molar-refractivity contribution in [2.75, 3.05) is 0 Å². The van der Waals surface area contributed by atoms with Gasteiger partial charge in [-0.1, -0.05) is 135 Å². The van der Waals surface area contributed by atoms with Gasteiger partial charge in [0, 0.05) is 54.7 Å². The van der Waals surface area contributed by atoms with Crippen LogP contribution < -0.4 is 4.74 Å². The minimum absolute atomic E-state index is 0.0785. The van der Waals surface area contributed by atoms with Gasteiger partial charge in [-0.25, -0.2) is 15.0 Å². The van der Waals surface area contributed by atoms with Gasteiger partial charge in [0.15, 0.2) is 17.5 Å². The summed E-state index contributed by atoms with van der Waals surface area (Å²) in [7, 11) is 0. The Morgan fingerprint density at radius 1 is 0.709 bits per heavy atom. The number of hydrogen-bond acceptors (Lipinski definition) is 6. The van der Waals surface area contributed by atoms with E-state index in [2.05, 4.69) is 110 Å². The van der Waals surface area contributed by atoms with Gasteiger partial charge in [0.25, 0.3) is 0 Å². The van der Waals surface area contributed by atoms with Crippen LogP contribution in [-0.4, -0.2) is 26.3 Å². The molecule has 0 spiro atoms. The second-order valence-electron chi connectivity index (χ2n) is 15.2. The minimum atomic E-state index is -0.189. The number of thioether (sulfide) groups is 1. The lowest BCUT2D eigenvalue weighted by Crippen LogP contribution is -2.20. The predicted octanol–water partition coefficient (Wildman–Crippen LogP) is 12.6. The molecule has 0 fully saturated rings. The summed E-state index contributed by atoms with van der Waals surface area (Å²) < 4.78 is 13.2. The highest BCUT2D eigenvalue weighted by Crippen LogP contribution is 2.54. The number of para-hydroxylation sites is 2. The number of hydrogen-bond donors (Lipinski definition) is 0. The van der Waals surface area contributed by atoms with E-state index >= 15 is 0 Å². The van der Waals surface area contributed by atoms with Gasteiger partial charge in [0.2, 0.25) is 0 Å². The Morgan fingerprint density at radius 3 is 2.42 bits per heavy atom. The lowest BCUT2D eigenvalue weighted by Gasteiger charge is -2.26. The van der Waals surface area contributed by atoms with E-state index in [9.17, 15) is 0 Å². The highest BCUT2D eigenvalue weighted by molar-refractivity contribution is 8.00. The molecule has 5 nitrogen and oxygen atoms in total. The monoisotopic (exact) mass is 733 g/mol. The van der Waals surface area contributed by atoms with Gasteiger partial charge in [-0.3, -0.25) is 0 Å². The third-order valence-corrected chi connectivity index (χ3v) is 13.2. The molecule has 5 aromatic carbocycles. The molecular formula is C49H39N3O2S. The van der Waals surface area contributed by atoms with Gasteiger partial charge in [0.05, 0.1) is 5.92 Å². The van der Waals surface area contributed by atoms with Crippen LogP contribution >= 0.6 is 11.8 Å². The number of benzene rings is 5. The number of nitrogens with zero attached hydrogens (tertiary/aromatic N) is 3. The molecule has 7 aromatic rings. The molecule has 11 rings (SSSR count). The number of aromatic nitrogens is 3. The van der Waals surface area contributed by atoms with Crippen molar-refractivity contribution in [3.05, 3.63) is 157 Å². The molecule has 0 amide bonds. The van der Waals surface area contributed by atoms with E-state index in [0.717, 1.165) is 61.1 Å². The molecule has 0 N–H and O–H groups in total. The molecule has 268 valence electrons. The maximum atomic E-state index is 6.90. The fourth-order valence-corrected chi connectivity index (χ4v) is 10.7. The van der Waals surface area contributed by atoms with Crippen LogP contribution in [0.2, 0.25) is 0 Å². The van der Waals surface area contributed by atoms with Crippen LogP contribution in [0.25, 0.3) is 61.4 Å². The van der Waals surface area contributed by atoms with Crippen molar-refractivity contribution in [3.63, 3.8) is 0 Å². The Labute approximate surface area is 324 Å². The first-order valence-corrected chi connectivity index (χ1v) is 20.5. The van der Waals surface area contributed by atoms with Crippen molar-refractivity contribution in [1.82, 2.24) is 15.0 Å². The van der Waals surface area contributed by atoms with E-state index in [1.54, 1.807) is 0 Å². The standard InChI is InChI=1S/C49H39N3O2S/c1-2-3-12-29-23-26-42-38(27-29)32-25-24-31(28-43(32)55-42)48-50-47(30-13-5-4-6-14-30)51-49(52-48)37-19-11-22-41-45(37)36-18-9-17-34(46(36)54-41)33-16-10-21-40-44(33)35-15-7-8-20-39(35)53-40/h4-11,13-26,28-29,38,41-42,45H,2-3,12,27H2,1H3. The van der Waals surface area contributed by atoms with E-state index in [0.29, 0.717) is 34.6 Å². The molecule has 0 radical (unpaired) electrons. The molecule has 2 aliphatic heterocycles. The van der Waals surface area contributed by atoms with Crippen molar-refractivity contribution in [3.8, 4) is 39.7 Å². The van der Waals surface area contributed by atoms with Crippen LogP contribution in [-0.2, 0) is 0 Å². The summed E-state index contributed by atoms with van der Waals surface area (Å²) in [4.78, 5) is 17.0. The van der Waals surface area contributed by atoms with Crippen molar-refractivity contribution in [1.29, 1.82) is 0 Å². The van der Waals surface area contributed by atoms with Crippen LogP contribution in [0.3, 0.4) is 0 Å². The molecule has 2 aromatic heterocycles. The number of rotatable bonds is 7. The summed E-state index contributed by atoms with van der Waals surface area (Å²) in [6.07, 6.45) is 16.2. The second kappa shape index (κ2) is 13.2. The van der Waals surface area contributed by atoms with E-state index in [-0.39, 0.29) is 12.0 Å². The Balaban J connectivity index is 0.999. The van der Waals surface area contributed by atoms with E-state index < -0.39 is 0 Å². The molecule has 0 saturated carbocycles. The zero-order chi connectivity index (χ0) is 36.5. The van der Waals surface area contributed by atoms with Gasteiger partial charge in [-0.2, -0.15) is 0 Å². The Bertz CT molecular complexity index is 2730. The lowest BCUT2D eigenvalue weighted by molar-refractivity contribution is 0.272. The quantitative estimate of drug-likeness (QED) is 0.152. The molecule has 5 unspecified atom stereocenters. The SMILES string of the molecule is CCCCC1C=CC2Sc3cc(-c4nc(C5=CC=CC6Oc7c(-c8cccc9oc%10ccccc%10c89)cccc7C56)nc(-c5ccccc5)n4)ccc3C2C1. The maximum Gasteiger partial charge on any atom is 0.164 e. The van der Waals surface area contributed by atoms with Gasteiger partial charge in [0.1, 0.15) is 23.0 Å². The van der Waals surface area contributed by atoms with Crippen LogP contribution in [0.5, 0.6) is 5.75 Å². The van der Waals surface area contributed by atoms with Gasteiger partial charge in [-0.15, -0.1) is 11.8 Å². The molecule has 0 bridgehead atoms. The summed E-state index contributed by atoms with van der Waals surface area (Å²) in [6.45, 7) is 2.29. The molecular weight excluding hydrogens is 695 g/mol. The molecule has 5 atom stereocenters. The Morgan fingerprint density at radius 2 is 1.51 bits per heavy atom. The van der Waals surface area contributed by atoms with Crippen LogP contribution in [0.4, 0.5) is 0 Å². The molecule has 4 heterocycles. The maximum absolute atomic E-state index is 6.90. The number of unbranched alkanes of at least 4 members (excludes halogenated alkanes) is 1. The van der Waals surface area contributed by atoms with Gasteiger partial charge >= 0.3 is 0 Å². The summed E-state index contributed by atoms with van der Waals surface area (Å²) in [5, 5.41) is 2.70. The fourth-order valence-electron chi connectivity index (χ4n) is 9.23. The van der Waals surface area contributed by atoms with Crippen molar-refractivity contribution < 1.29 is 9.15 Å². The first-order valence-electron chi connectivity index (χ1n) is 19.6. The van der Waals surface area contributed by atoms with E-state index in [1.165, 1.54) is 36.1 Å². The Hall–Kier alpha value is -5.72.